The van der Waals surface area contributed by atoms with E-state index in [1.807, 2.05) is 0 Å². The number of rotatable bonds is 12. The van der Waals surface area contributed by atoms with Gasteiger partial charge >= 0.3 is 0 Å². The van der Waals surface area contributed by atoms with Gasteiger partial charge in [-0.15, -0.1) is 0 Å². The van der Waals surface area contributed by atoms with E-state index in [2.05, 4.69) is 16.0 Å². The molecule has 11 heteroatoms. The molecule has 11 nitrogen and oxygen atoms in total. The highest BCUT2D eigenvalue weighted by Crippen LogP contribution is 2.24. The predicted molar refractivity (Wildman–Crippen MR) is 82.2 cm³/mol. The van der Waals surface area contributed by atoms with Crippen molar-refractivity contribution >= 4 is 11.9 Å². The van der Waals surface area contributed by atoms with Crippen molar-refractivity contribution in [2.24, 2.45) is 5.92 Å². The van der Waals surface area contributed by atoms with Crippen molar-refractivity contribution in [2.45, 2.75) is 56.2 Å². The highest BCUT2D eigenvalue weighted by Gasteiger charge is 2.38. The maximum Gasteiger partial charge on any atom is 0.0426 e. The third kappa shape index (κ3) is 7.30. The van der Waals surface area contributed by atoms with Crippen molar-refractivity contribution in [1.29, 1.82) is 0 Å². The molecular weight excluding hydrogens is 362 g/mol. The monoisotopic (exact) mass is 388 g/mol. The maximum atomic E-state index is 12.7. The third-order valence-electron chi connectivity index (χ3n) is 4.75. The van der Waals surface area contributed by atoms with Gasteiger partial charge in [0.25, 0.3) is 0 Å². The summed E-state index contributed by atoms with van der Waals surface area (Å²) >= 11 is 0. The van der Waals surface area contributed by atoms with Gasteiger partial charge in [-0.05, 0) is 43.4 Å². The molecule has 0 heterocycles. The molecule has 0 aromatic rings. The summed E-state index contributed by atoms with van der Waals surface area (Å²) in [6.45, 7) is 0.699. The number of carbonyl (C=O) groups excluding carboxylic acids is 2. The molecule has 0 amide bonds. The van der Waals surface area contributed by atoms with Crippen LogP contribution in [0.5, 0.6) is 0 Å². The Morgan fingerprint density at radius 2 is 1.37 bits per heavy atom. The van der Waals surface area contributed by atoms with Crippen LogP contribution in [0.15, 0.2) is 0 Å². The Kier molecular flexibility index (Phi) is 10.1. The van der Waals surface area contributed by atoms with Crippen LogP contribution in [0.1, 0.15) is 19.8 Å². The smallest absolute Gasteiger partial charge is 0.0426 e. The quantitative estimate of drug-likeness (QED) is 0.247. The number of carboxylic acids is 2. The lowest BCUT2D eigenvalue weighted by atomic mass is 9.74. The molecule has 1 rings (SSSR count). The molecule has 1 saturated carbocycles. The second-order valence-electron chi connectivity index (χ2n) is 6.73. The summed E-state index contributed by atoms with van der Waals surface area (Å²) in [6, 6.07) is -2.73. The van der Waals surface area contributed by atoms with Gasteiger partial charge < -0.3 is 56.2 Å². The molecule has 0 bridgehead atoms. The fraction of sp³-hybridized carbons (Fsp3) is 0.875. The molecule has 158 valence electrons. The van der Waals surface area contributed by atoms with Gasteiger partial charge in [0.1, 0.15) is 0 Å². The number of aliphatic hydroxyl groups is 1. The molecule has 4 N–H and O–H groups in total. The average Bonchev–Trinajstić information content (AvgIpc) is 2.59. The van der Waals surface area contributed by atoms with Gasteiger partial charge in [0.2, 0.25) is 0 Å². The van der Waals surface area contributed by atoms with E-state index in [1.54, 1.807) is 6.92 Å². The second-order valence-corrected chi connectivity index (χ2v) is 6.73. The molecular formula is C16H26N3O8-5. The molecule has 1 aliphatic rings. The predicted octanol–water partition coefficient (Wildman–Crippen LogP) is -8.03. The highest BCUT2D eigenvalue weighted by molar-refractivity contribution is 5.64. The van der Waals surface area contributed by atoms with Crippen molar-refractivity contribution in [2.75, 3.05) is 26.2 Å². The minimum Gasteiger partial charge on any atom is -0.850 e. The van der Waals surface area contributed by atoms with Gasteiger partial charge in [0.05, 0.1) is 0 Å². The Balaban J connectivity index is 2.86. The first-order chi connectivity index (χ1) is 12.7. The molecule has 0 radical (unpaired) electrons. The maximum absolute atomic E-state index is 12.7. The number of aliphatic carboxylic acids is 2. The van der Waals surface area contributed by atoms with Gasteiger partial charge in [-0.1, -0.05) is 25.2 Å². The molecule has 7 atom stereocenters. The minimum atomic E-state index is -1.46. The van der Waals surface area contributed by atoms with E-state index in [-0.39, 0.29) is 32.5 Å². The summed E-state index contributed by atoms with van der Waals surface area (Å²) in [5, 5.41) is 75.2. The van der Waals surface area contributed by atoms with Gasteiger partial charge in [0.15, 0.2) is 0 Å². The van der Waals surface area contributed by atoms with Crippen molar-refractivity contribution in [3.63, 3.8) is 0 Å². The largest absolute Gasteiger partial charge is 0.850 e. The van der Waals surface area contributed by atoms with E-state index >= 15 is 0 Å². The Labute approximate surface area is 157 Å². The molecule has 0 aromatic carbocycles. The highest BCUT2D eigenvalue weighted by atomic mass is 16.4. The molecule has 1 aliphatic carbocycles. The molecule has 0 aromatic heterocycles. The first-order valence-corrected chi connectivity index (χ1v) is 8.87. The lowest BCUT2D eigenvalue weighted by molar-refractivity contribution is -0.495. The third-order valence-corrected chi connectivity index (χ3v) is 4.75. The second kappa shape index (κ2) is 11.5. The van der Waals surface area contributed by atoms with Crippen LogP contribution >= 0.6 is 0 Å². The Morgan fingerprint density at radius 1 is 0.926 bits per heavy atom. The molecule has 0 saturated heterocycles. The van der Waals surface area contributed by atoms with Gasteiger partial charge in [-0.3, -0.25) is 0 Å². The van der Waals surface area contributed by atoms with E-state index in [4.69, 9.17) is 5.11 Å². The number of carbonyl (C=O) groups is 2. The fourth-order valence-electron chi connectivity index (χ4n) is 3.31. The number of hydrogen-bond donors (Lipinski definition) is 4. The topological polar surface area (TPSA) is 206 Å². The van der Waals surface area contributed by atoms with Crippen LogP contribution in [0.25, 0.3) is 0 Å². The lowest BCUT2D eigenvalue weighted by Crippen LogP contribution is -2.77. The lowest BCUT2D eigenvalue weighted by Gasteiger charge is -2.58. The van der Waals surface area contributed by atoms with E-state index in [0.29, 0.717) is 0 Å². The van der Waals surface area contributed by atoms with Crippen LogP contribution in [-0.4, -0.2) is 79.7 Å². The van der Waals surface area contributed by atoms with E-state index in [1.165, 1.54) is 0 Å². The number of nitrogens with one attached hydrogen (secondary N) is 3. The molecule has 1 unspecified atom stereocenters. The zero-order valence-electron chi connectivity index (χ0n) is 15.1. The van der Waals surface area contributed by atoms with Crippen LogP contribution in [0.3, 0.4) is 0 Å². The Hall–Kier alpha value is -1.34. The summed E-state index contributed by atoms with van der Waals surface area (Å²) in [5.41, 5.74) is 0. The number of hydrogen-bond acceptors (Lipinski definition) is 11. The van der Waals surface area contributed by atoms with E-state index in [9.17, 15) is 35.1 Å². The first-order valence-electron chi connectivity index (χ1n) is 8.87. The first kappa shape index (κ1) is 23.7. The summed E-state index contributed by atoms with van der Waals surface area (Å²) < 4.78 is 0. The van der Waals surface area contributed by atoms with Crippen molar-refractivity contribution < 1.29 is 40.2 Å². The summed E-state index contributed by atoms with van der Waals surface area (Å²) in [6.07, 6.45) is -4.94. The molecule has 0 aliphatic heterocycles. The SMILES string of the molecule is C[C@H]1[C@@H](NCC([O-])CO)[C@@H]([O-])[C@@H](NCCC(=O)[O-])[C@@H]([O-])[C@H]1NCCC(=O)[O-]. The van der Waals surface area contributed by atoms with Crippen molar-refractivity contribution in [3.05, 3.63) is 0 Å². The van der Waals surface area contributed by atoms with E-state index in [0.717, 1.165) is 0 Å². The van der Waals surface area contributed by atoms with Crippen molar-refractivity contribution in [1.82, 2.24) is 16.0 Å². The summed E-state index contributed by atoms with van der Waals surface area (Å²) in [5.74, 6) is -3.14. The van der Waals surface area contributed by atoms with Crippen LogP contribution in [-0.2, 0) is 9.59 Å². The van der Waals surface area contributed by atoms with Gasteiger partial charge in [-0.25, -0.2) is 0 Å². The normalized spacial score (nSPS) is 32.2. The van der Waals surface area contributed by atoms with E-state index < -0.39 is 60.9 Å². The van der Waals surface area contributed by atoms with Crippen LogP contribution in [0.2, 0.25) is 0 Å². The zero-order valence-corrected chi connectivity index (χ0v) is 15.1. The standard InChI is InChI=1S/C16H28N3O8/c1-8-12(17-4-2-10(22)23)15(26)14(18-5-3-11(24)25)16(27)13(8)19-6-9(21)7-20/h8-9,12-20H,2-7H2,1H3,(H,22,23)(H,24,25)/q-3/p-2/t8-,9?,12+,13-,14+,15+,16-/m1/s1. The minimum absolute atomic E-state index is 0.0289. The van der Waals surface area contributed by atoms with Gasteiger partial charge in [-0.2, -0.15) is 0 Å². The number of aliphatic hydroxyl groups excluding tert-OH is 1. The summed E-state index contributed by atoms with van der Waals surface area (Å²) in [4.78, 5) is 21.1. The fourth-order valence-corrected chi connectivity index (χ4v) is 3.31. The average molecular weight is 388 g/mol. The Bertz CT molecular complexity index is 447. The van der Waals surface area contributed by atoms with Crippen LogP contribution in [0, 0.1) is 5.92 Å². The molecule has 27 heavy (non-hydrogen) atoms. The van der Waals surface area contributed by atoms with Crippen LogP contribution in [0.4, 0.5) is 0 Å². The Morgan fingerprint density at radius 3 is 1.81 bits per heavy atom. The molecule has 1 fully saturated rings. The van der Waals surface area contributed by atoms with Crippen LogP contribution < -0.4 is 41.5 Å². The van der Waals surface area contributed by atoms with Crippen molar-refractivity contribution in [3.8, 4) is 0 Å². The van der Waals surface area contributed by atoms with Gasteiger partial charge in [0, 0.05) is 31.6 Å². The zero-order chi connectivity index (χ0) is 20.6. The molecule has 0 spiro atoms. The summed E-state index contributed by atoms with van der Waals surface area (Å²) in [7, 11) is 0. The number of carboxylic acid groups (broad SMARTS) is 2.